The predicted octanol–water partition coefficient (Wildman–Crippen LogP) is 3.69. The fourth-order valence-electron chi connectivity index (χ4n) is 2.80. The first-order chi connectivity index (χ1) is 10.3. The van der Waals surface area contributed by atoms with Crippen molar-refractivity contribution in [2.24, 2.45) is 11.8 Å². The van der Waals surface area contributed by atoms with Crippen LogP contribution in [0.25, 0.3) is 0 Å². The number of hydrogen-bond donors (Lipinski definition) is 2. The number of benzene rings is 1. The summed E-state index contributed by atoms with van der Waals surface area (Å²) in [6, 6.07) is 5.46. The topological polar surface area (TPSA) is 66.4 Å². The molecule has 0 saturated heterocycles. The van der Waals surface area contributed by atoms with Gasteiger partial charge in [-0.05, 0) is 31.0 Å². The number of halogens is 3. The van der Waals surface area contributed by atoms with Crippen LogP contribution >= 0.6 is 0 Å². The van der Waals surface area contributed by atoms with Crippen molar-refractivity contribution < 1.29 is 27.9 Å². The van der Waals surface area contributed by atoms with Crippen LogP contribution in [0.15, 0.2) is 24.3 Å². The Bertz CT molecular complexity index is 571. The lowest BCUT2D eigenvalue weighted by Crippen LogP contribution is -2.39. The fourth-order valence-corrected chi connectivity index (χ4v) is 2.80. The second-order valence-electron chi connectivity index (χ2n) is 5.41. The number of hydrogen-bond acceptors (Lipinski definition) is 2. The maximum absolute atomic E-state index is 13.0. The number of anilines is 1. The highest BCUT2D eigenvalue weighted by Crippen LogP contribution is 2.41. The summed E-state index contributed by atoms with van der Waals surface area (Å²) in [6.45, 7) is 0. The SMILES string of the molecule is O=C(O)c1cccc(NC(=O)[C@@H]2CCCC[C@H]2C(F)(F)F)c1. The number of aromatic carboxylic acids is 1. The molecule has 2 rings (SSSR count). The number of rotatable bonds is 3. The molecule has 120 valence electrons. The molecule has 7 heteroatoms. The van der Waals surface area contributed by atoms with Crippen LogP contribution in [0.1, 0.15) is 36.0 Å². The van der Waals surface area contributed by atoms with Gasteiger partial charge in [0.1, 0.15) is 0 Å². The van der Waals surface area contributed by atoms with Crippen LogP contribution in [0.3, 0.4) is 0 Å². The van der Waals surface area contributed by atoms with Gasteiger partial charge in [-0.15, -0.1) is 0 Å². The Balaban J connectivity index is 2.13. The molecule has 1 amide bonds. The minimum Gasteiger partial charge on any atom is -0.478 e. The standard InChI is InChI=1S/C15H16F3NO3/c16-15(17,18)12-7-2-1-6-11(12)13(20)19-10-5-3-4-9(8-10)14(21)22/h3-5,8,11-12H,1-2,6-7H2,(H,19,20)(H,21,22)/t11-,12-/m1/s1. The summed E-state index contributed by atoms with van der Waals surface area (Å²) in [5.41, 5.74) is 0.158. The van der Waals surface area contributed by atoms with E-state index in [1.165, 1.54) is 24.3 Å². The van der Waals surface area contributed by atoms with Gasteiger partial charge in [0.2, 0.25) is 5.91 Å². The zero-order chi connectivity index (χ0) is 16.3. The summed E-state index contributed by atoms with van der Waals surface area (Å²) in [5, 5.41) is 11.3. The third-order valence-electron chi connectivity index (χ3n) is 3.90. The Labute approximate surface area is 125 Å². The average molecular weight is 315 g/mol. The molecular weight excluding hydrogens is 299 g/mol. The van der Waals surface area contributed by atoms with Crippen LogP contribution in [-0.4, -0.2) is 23.2 Å². The summed E-state index contributed by atoms with van der Waals surface area (Å²) >= 11 is 0. The monoisotopic (exact) mass is 315 g/mol. The molecule has 0 unspecified atom stereocenters. The van der Waals surface area contributed by atoms with E-state index in [4.69, 9.17) is 5.11 Å². The van der Waals surface area contributed by atoms with Gasteiger partial charge in [-0.1, -0.05) is 18.9 Å². The lowest BCUT2D eigenvalue weighted by atomic mass is 9.78. The van der Waals surface area contributed by atoms with E-state index in [1.807, 2.05) is 0 Å². The molecule has 2 N–H and O–H groups in total. The first-order valence-electron chi connectivity index (χ1n) is 7.00. The smallest absolute Gasteiger partial charge is 0.392 e. The van der Waals surface area contributed by atoms with Crippen LogP contribution in [0.4, 0.5) is 18.9 Å². The van der Waals surface area contributed by atoms with E-state index in [1.54, 1.807) is 0 Å². The van der Waals surface area contributed by atoms with Crippen molar-refractivity contribution in [1.29, 1.82) is 0 Å². The molecule has 0 aliphatic heterocycles. The molecule has 1 saturated carbocycles. The molecule has 2 atom stereocenters. The molecule has 4 nitrogen and oxygen atoms in total. The Kier molecular flexibility index (Phi) is 4.73. The number of carbonyl (C=O) groups excluding carboxylic acids is 1. The van der Waals surface area contributed by atoms with Gasteiger partial charge in [0.05, 0.1) is 11.5 Å². The molecule has 0 spiro atoms. The number of carboxylic acid groups (broad SMARTS) is 1. The second kappa shape index (κ2) is 6.37. The Morgan fingerprint density at radius 2 is 1.86 bits per heavy atom. The van der Waals surface area contributed by atoms with Gasteiger partial charge in [0, 0.05) is 11.6 Å². The molecule has 1 aliphatic carbocycles. The molecule has 1 aromatic rings. The molecule has 0 aromatic heterocycles. The van der Waals surface area contributed by atoms with Crippen LogP contribution in [0.5, 0.6) is 0 Å². The van der Waals surface area contributed by atoms with Gasteiger partial charge in [-0.3, -0.25) is 4.79 Å². The highest BCUT2D eigenvalue weighted by Gasteiger charge is 2.48. The van der Waals surface area contributed by atoms with Gasteiger partial charge in [-0.25, -0.2) is 4.79 Å². The number of nitrogens with one attached hydrogen (secondary N) is 1. The Hall–Kier alpha value is -2.05. The third kappa shape index (κ3) is 3.78. The Morgan fingerprint density at radius 3 is 2.50 bits per heavy atom. The lowest BCUT2D eigenvalue weighted by Gasteiger charge is -2.32. The minimum atomic E-state index is -4.40. The minimum absolute atomic E-state index is 0.0335. The third-order valence-corrected chi connectivity index (χ3v) is 3.90. The first-order valence-corrected chi connectivity index (χ1v) is 7.00. The van der Waals surface area contributed by atoms with E-state index in [0.717, 1.165) is 0 Å². The number of alkyl halides is 3. The van der Waals surface area contributed by atoms with Crippen LogP contribution in [-0.2, 0) is 4.79 Å². The van der Waals surface area contributed by atoms with Crippen molar-refractivity contribution >= 4 is 17.6 Å². The molecule has 1 aliphatic rings. The number of amides is 1. The molecular formula is C15H16F3NO3. The summed E-state index contributed by atoms with van der Waals surface area (Å²) in [5.74, 6) is -4.63. The molecule has 1 fully saturated rings. The van der Waals surface area contributed by atoms with Gasteiger partial charge in [-0.2, -0.15) is 13.2 Å². The van der Waals surface area contributed by atoms with Gasteiger partial charge in [0.15, 0.2) is 0 Å². The van der Waals surface area contributed by atoms with E-state index in [-0.39, 0.29) is 24.1 Å². The van der Waals surface area contributed by atoms with Crippen molar-refractivity contribution in [1.82, 2.24) is 0 Å². The number of carbonyl (C=O) groups is 2. The van der Waals surface area contributed by atoms with Crippen molar-refractivity contribution in [2.75, 3.05) is 5.32 Å². The van der Waals surface area contributed by atoms with E-state index in [0.29, 0.717) is 12.8 Å². The summed E-state index contributed by atoms with van der Waals surface area (Å²) in [6.07, 6.45) is -3.21. The van der Waals surface area contributed by atoms with Gasteiger partial charge >= 0.3 is 12.1 Å². The average Bonchev–Trinajstić information content (AvgIpc) is 2.46. The van der Waals surface area contributed by atoms with E-state index in [9.17, 15) is 22.8 Å². The zero-order valence-electron chi connectivity index (χ0n) is 11.7. The summed E-state index contributed by atoms with van der Waals surface area (Å²) in [7, 11) is 0. The highest BCUT2D eigenvalue weighted by molar-refractivity contribution is 5.95. The maximum atomic E-state index is 13.0. The maximum Gasteiger partial charge on any atom is 0.392 e. The van der Waals surface area contributed by atoms with Crippen molar-refractivity contribution in [3.8, 4) is 0 Å². The predicted molar refractivity (Wildman–Crippen MR) is 73.5 cm³/mol. The van der Waals surface area contributed by atoms with Crippen molar-refractivity contribution in [2.45, 2.75) is 31.9 Å². The Morgan fingerprint density at radius 1 is 1.18 bits per heavy atom. The molecule has 0 bridgehead atoms. The van der Waals surface area contributed by atoms with E-state index in [2.05, 4.69) is 5.32 Å². The summed E-state index contributed by atoms with van der Waals surface area (Å²) in [4.78, 5) is 23.0. The van der Waals surface area contributed by atoms with Gasteiger partial charge in [0.25, 0.3) is 0 Å². The molecule has 1 aromatic carbocycles. The lowest BCUT2D eigenvalue weighted by molar-refractivity contribution is -0.197. The van der Waals surface area contributed by atoms with Gasteiger partial charge < -0.3 is 10.4 Å². The first kappa shape index (κ1) is 16.3. The molecule has 22 heavy (non-hydrogen) atoms. The second-order valence-corrected chi connectivity index (χ2v) is 5.41. The zero-order valence-corrected chi connectivity index (χ0v) is 11.7. The molecule has 0 heterocycles. The van der Waals surface area contributed by atoms with Crippen molar-refractivity contribution in [3.63, 3.8) is 0 Å². The number of carboxylic acids is 1. The largest absolute Gasteiger partial charge is 0.478 e. The normalized spacial score (nSPS) is 22.1. The van der Waals surface area contributed by atoms with E-state index >= 15 is 0 Å². The molecule has 0 radical (unpaired) electrons. The van der Waals surface area contributed by atoms with Crippen LogP contribution in [0, 0.1) is 11.8 Å². The fraction of sp³-hybridized carbons (Fsp3) is 0.467. The van der Waals surface area contributed by atoms with Crippen LogP contribution < -0.4 is 5.32 Å². The van der Waals surface area contributed by atoms with E-state index < -0.39 is 29.9 Å². The van der Waals surface area contributed by atoms with Crippen LogP contribution in [0.2, 0.25) is 0 Å². The summed E-state index contributed by atoms with van der Waals surface area (Å²) < 4.78 is 39.0. The van der Waals surface area contributed by atoms with Crippen molar-refractivity contribution in [3.05, 3.63) is 29.8 Å². The quantitative estimate of drug-likeness (QED) is 0.894. The highest BCUT2D eigenvalue weighted by atomic mass is 19.4.